The molecule has 0 saturated carbocycles. The van der Waals surface area contributed by atoms with Crippen molar-refractivity contribution in [2.45, 2.75) is 31.7 Å². The predicted octanol–water partition coefficient (Wildman–Crippen LogP) is 3.28. The van der Waals surface area contributed by atoms with Gasteiger partial charge in [0.2, 0.25) is 5.91 Å². The normalized spacial score (nSPS) is 17.6. The topological polar surface area (TPSA) is 77.9 Å². The lowest BCUT2D eigenvalue weighted by atomic mass is 9.94. The van der Waals surface area contributed by atoms with E-state index in [9.17, 15) is 19.5 Å². The van der Waals surface area contributed by atoms with Crippen LogP contribution < -0.4 is 0 Å². The maximum Gasteiger partial charge on any atom is 0.336 e. The molecule has 2 aliphatic heterocycles. The molecule has 1 N–H and O–H groups in total. The zero-order valence-electron chi connectivity index (χ0n) is 16.2. The van der Waals surface area contributed by atoms with E-state index in [0.717, 1.165) is 25.8 Å². The van der Waals surface area contributed by atoms with Crippen molar-refractivity contribution in [2.24, 2.45) is 0 Å². The summed E-state index contributed by atoms with van der Waals surface area (Å²) in [7, 11) is 0. The van der Waals surface area contributed by atoms with Crippen molar-refractivity contribution in [3.63, 3.8) is 0 Å². The Labute approximate surface area is 169 Å². The SMILES string of the molecule is O=C(O)c1ccccc1-c1ccccc1C(=O)N1CCC(N2CCCC2=O)CC1. The first kappa shape index (κ1) is 19.2. The Kier molecular flexibility index (Phi) is 5.34. The Balaban J connectivity index is 1.55. The molecule has 4 rings (SSSR count). The van der Waals surface area contributed by atoms with Crippen molar-refractivity contribution in [3.8, 4) is 11.1 Å². The van der Waals surface area contributed by atoms with E-state index < -0.39 is 5.97 Å². The van der Waals surface area contributed by atoms with Gasteiger partial charge in [-0.05, 0) is 42.5 Å². The maximum absolute atomic E-state index is 13.3. The first-order valence-electron chi connectivity index (χ1n) is 10.1. The molecule has 0 aromatic heterocycles. The van der Waals surface area contributed by atoms with Gasteiger partial charge >= 0.3 is 5.97 Å². The van der Waals surface area contributed by atoms with Crippen LogP contribution in [0.4, 0.5) is 0 Å². The van der Waals surface area contributed by atoms with E-state index in [4.69, 9.17) is 0 Å². The van der Waals surface area contributed by atoms with Crippen LogP contribution in [0.1, 0.15) is 46.4 Å². The van der Waals surface area contributed by atoms with E-state index in [1.807, 2.05) is 15.9 Å². The van der Waals surface area contributed by atoms with Gasteiger partial charge in [-0.25, -0.2) is 4.79 Å². The molecular formula is C23H24N2O4. The average Bonchev–Trinajstić information content (AvgIpc) is 3.19. The largest absolute Gasteiger partial charge is 0.478 e. The third-order valence-electron chi connectivity index (χ3n) is 5.91. The maximum atomic E-state index is 13.3. The average molecular weight is 392 g/mol. The van der Waals surface area contributed by atoms with Gasteiger partial charge in [-0.3, -0.25) is 9.59 Å². The van der Waals surface area contributed by atoms with Crippen LogP contribution in [0.3, 0.4) is 0 Å². The van der Waals surface area contributed by atoms with Gasteiger partial charge in [-0.1, -0.05) is 36.4 Å². The molecule has 2 amide bonds. The van der Waals surface area contributed by atoms with Crippen LogP contribution in [0.25, 0.3) is 11.1 Å². The van der Waals surface area contributed by atoms with Crippen molar-refractivity contribution in [2.75, 3.05) is 19.6 Å². The molecule has 0 atom stereocenters. The molecule has 150 valence electrons. The van der Waals surface area contributed by atoms with Gasteiger partial charge in [0.15, 0.2) is 0 Å². The number of nitrogens with zero attached hydrogens (tertiary/aromatic N) is 2. The Morgan fingerprint density at radius 2 is 1.45 bits per heavy atom. The summed E-state index contributed by atoms with van der Waals surface area (Å²) in [6, 6.07) is 14.1. The molecular weight excluding hydrogens is 368 g/mol. The van der Waals surface area contributed by atoms with Crippen molar-refractivity contribution in [1.82, 2.24) is 9.80 Å². The van der Waals surface area contributed by atoms with Crippen molar-refractivity contribution >= 4 is 17.8 Å². The lowest BCUT2D eigenvalue weighted by molar-refractivity contribution is -0.130. The summed E-state index contributed by atoms with van der Waals surface area (Å²) >= 11 is 0. The van der Waals surface area contributed by atoms with E-state index in [2.05, 4.69) is 0 Å². The molecule has 0 bridgehead atoms. The lowest BCUT2D eigenvalue weighted by Crippen LogP contribution is -2.47. The number of carbonyl (C=O) groups excluding carboxylic acids is 2. The van der Waals surface area contributed by atoms with Crippen molar-refractivity contribution in [1.29, 1.82) is 0 Å². The summed E-state index contributed by atoms with van der Waals surface area (Å²) in [6.45, 7) is 2.02. The fourth-order valence-corrected chi connectivity index (χ4v) is 4.42. The van der Waals surface area contributed by atoms with Crippen LogP contribution in [0.5, 0.6) is 0 Å². The number of carboxylic acids is 1. The van der Waals surface area contributed by atoms with Gasteiger partial charge in [0.25, 0.3) is 5.91 Å². The van der Waals surface area contributed by atoms with Gasteiger partial charge in [-0.15, -0.1) is 0 Å². The monoisotopic (exact) mass is 392 g/mol. The highest BCUT2D eigenvalue weighted by molar-refractivity contribution is 6.04. The summed E-state index contributed by atoms with van der Waals surface area (Å²) < 4.78 is 0. The number of benzene rings is 2. The second kappa shape index (κ2) is 8.07. The molecule has 29 heavy (non-hydrogen) atoms. The molecule has 2 aliphatic rings. The second-order valence-corrected chi connectivity index (χ2v) is 7.61. The molecule has 0 aliphatic carbocycles. The lowest BCUT2D eigenvalue weighted by Gasteiger charge is -2.37. The van der Waals surface area contributed by atoms with Gasteiger partial charge in [0.05, 0.1) is 5.56 Å². The van der Waals surface area contributed by atoms with Crippen molar-refractivity contribution < 1.29 is 19.5 Å². The number of likely N-dealkylation sites (tertiary alicyclic amines) is 2. The molecule has 2 heterocycles. The van der Waals surface area contributed by atoms with Crippen molar-refractivity contribution in [3.05, 3.63) is 59.7 Å². The molecule has 0 spiro atoms. The first-order chi connectivity index (χ1) is 14.1. The molecule has 2 aromatic carbocycles. The van der Waals surface area contributed by atoms with Gasteiger partial charge in [0, 0.05) is 37.7 Å². The molecule has 6 nitrogen and oxygen atoms in total. The van der Waals surface area contributed by atoms with Crippen LogP contribution in [0.15, 0.2) is 48.5 Å². The number of piperidine rings is 1. The highest BCUT2D eigenvalue weighted by Gasteiger charge is 2.32. The molecule has 2 fully saturated rings. The Morgan fingerprint density at radius 1 is 0.862 bits per heavy atom. The highest BCUT2D eigenvalue weighted by Crippen LogP contribution is 2.29. The van der Waals surface area contributed by atoms with E-state index in [1.54, 1.807) is 42.5 Å². The fourth-order valence-electron chi connectivity index (χ4n) is 4.42. The summed E-state index contributed by atoms with van der Waals surface area (Å²) in [6.07, 6.45) is 3.13. The van der Waals surface area contributed by atoms with E-state index >= 15 is 0 Å². The number of rotatable bonds is 4. The number of carboxylic acid groups (broad SMARTS) is 1. The Bertz CT molecular complexity index is 947. The first-order valence-corrected chi connectivity index (χ1v) is 10.1. The zero-order valence-corrected chi connectivity index (χ0v) is 16.2. The smallest absolute Gasteiger partial charge is 0.336 e. The number of hydrogen-bond donors (Lipinski definition) is 1. The second-order valence-electron chi connectivity index (χ2n) is 7.61. The zero-order chi connectivity index (χ0) is 20.4. The molecule has 2 aromatic rings. The number of amides is 2. The van der Waals surface area contributed by atoms with E-state index in [1.165, 1.54) is 0 Å². The van der Waals surface area contributed by atoms with Crippen LogP contribution in [-0.4, -0.2) is 58.4 Å². The van der Waals surface area contributed by atoms with Gasteiger partial charge in [-0.2, -0.15) is 0 Å². The van der Waals surface area contributed by atoms with Gasteiger partial charge < -0.3 is 14.9 Å². The fraction of sp³-hybridized carbons (Fsp3) is 0.348. The summed E-state index contributed by atoms with van der Waals surface area (Å²) in [5.41, 5.74) is 1.87. The van der Waals surface area contributed by atoms with E-state index in [-0.39, 0.29) is 23.4 Å². The summed E-state index contributed by atoms with van der Waals surface area (Å²) in [4.78, 5) is 40.7. The minimum absolute atomic E-state index is 0.0907. The third-order valence-corrected chi connectivity index (χ3v) is 5.91. The number of carbonyl (C=O) groups is 3. The van der Waals surface area contributed by atoms with Gasteiger partial charge in [0.1, 0.15) is 0 Å². The van der Waals surface area contributed by atoms with Crippen LogP contribution in [0.2, 0.25) is 0 Å². The Morgan fingerprint density at radius 3 is 2.03 bits per heavy atom. The number of hydrogen-bond acceptors (Lipinski definition) is 3. The highest BCUT2D eigenvalue weighted by atomic mass is 16.4. The quantitative estimate of drug-likeness (QED) is 0.866. The third kappa shape index (κ3) is 3.75. The predicted molar refractivity (Wildman–Crippen MR) is 109 cm³/mol. The molecule has 6 heteroatoms. The van der Waals surface area contributed by atoms with Crippen LogP contribution in [0, 0.1) is 0 Å². The van der Waals surface area contributed by atoms with E-state index in [0.29, 0.717) is 36.2 Å². The number of aromatic carboxylic acids is 1. The summed E-state index contributed by atoms with van der Waals surface area (Å²) in [5, 5.41) is 9.53. The molecule has 2 saturated heterocycles. The Hall–Kier alpha value is -3.15. The minimum Gasteiger partial charge on any atom is -0.478 e. The van der Waals surface area contributed by atoms with Crippen LogP contribution >= 0.6 is 0 Å². The standard InChI is InChI=1S/C23H24N2O4/c26-21-10-5-13-25(21)16-11-14-24(15-12-16)22(27)19-8-3-1-6-17(19)18-7-2-4-9-20(18)23(28)29/h1-4,6-9,16H,5,10-15H2,(H,28,29). The molecule has 0 unspecified atom stereocenters. The minimum atomic E-state index is -1.01. The summed E-state index contributed by atoms with van der Waals surface area (Å²) in [5.74, 6) is -0.878. The van der Waals surface area contributed by atoms with Crippen LogP contribution in [-0.2, 0) is 4.79 Å². The molecule has 0 radical (unpaired) electrons.